The summed E-state index contributed by atoms with van der Waals surface area (Å²) < 4.78 is 24.1. The summed E-state index contributed by atoms with van der Waals surface area (Å²) in [5.74, 6) is 1.87. The fourth-order valence-corrected chi connectivity index (χ4v) is 4.22. The molecule has 2 fully saturated rings. The highest BCUT2D eigenvalue weighted by molar-refractivity contribution is 7.99. The minimum Gasteiger partial charge on any atom is -0.473 e. The Bertz CT molecular complexity index is 872. The summed E-state index contributed by atoms with van der Waals surface area (Å²) in [6, 6.07) is 8.93. The predicted molar refractivity (Wildman–Crippen MR) is 107 cm³/mol. The number of hydrogen-bond donors (Lipinski definition) is 1. The molecule has 2 amide bonds. The van der Waals surface area contributed by atoms with Crippen molar-refractivity contribution in [1.29, 1.82) is 0 Å². The maximum Gasteiger partial charge on any atom is 0.414 e. The fraction of sp³-hybridized carbons (Fsp3) is 0.350. The van der Waals surface area contributed by atoms with Crippen molar-refractivity contribution >= 4 is 29.4 Å². The van der Waals surface area contributed by atoms with Crippen LogP contribution in [0.3, 0.4) is 0 Å². The number of nitrogens with zero attached hydrogens (tertiary/aromatic N) is 2. The van der Waals surface area contributed by atoms with Gasteiger partial charge in [-0.1, -0.05) is 0 Å². The molecule has 0 saturated carbocycles. The van der Waals surface area contributed by atoms with Crippen molar-refractivity contribution in [2.45, 2.75) is 18.6 Å². The molecule has 0 radical (unpaired) electrons. The lowest BCUT2D eigenvalue weighted by Gasteiger charge is -2.13. The van der Waals surface area contributed by atoms with Crippen LogP contribution in [0.5, 0.6) is 5.88 Å². The van der Waals surface area contributed by atoms with Gasteiger partial charge in [0.25, 0.3) is 5.91 Å². The molecule has 2 atom stereocenters. The van der Waals surface area contributed by atoms with E-state index in [-0.39, 0.29) is 30.9 Å². The quantitative estimate of drug-likeness (QED) is 0.779. The molecule has 2 aromatic rings. The van der Waals surface area contributed by atoms with Crippen molar-refractivity contribution in [3.8, 4) is 5.88 Å². The number of pyridine rings is 1. The second-order valence-corrected chi connectivity index (χ2v) is 7.94. The molecule has 1 aromatic heterocycles. The minimum absolute atomic E-state index is 0.166. The Labute approximate surface area is 171 Å². The number of carbonyl (C=O) groups excluding carboxylic acids is 2. The Morgan fingerprint density at radius 1 is 1.31 bits per heavy atom. The first-order chi connectivity index (χ1) is 14.1. The number of aromatic nitrogens is 1. The number of amides is 2. The van der Waals surface area contributed by atoms with E-state index in [9.17, 15) is 14.0 Å². The van der Waals surface area contributed by atoms with Gasteiger partial charge >= 0.3 is 6.09 Å². The molecule has 4 rings (SSSR count). The molecule has 9 heteroatoms. The average molecular weight is 417 g/mol. The summed E-state index contributed by atoms with van der Waals surface area (Å²) in [7, 11) is 0. The van der Waals surface area contributed by atoms with Gasteiger partial charge in [0, 0.05) is 23.7 Å². The topological polar surface area (TPSA) is 80.8 Å². The number of halogens is 1. The van der Waals surface area contributed by atoms with Crippen molar-refractivity contribution in [3.63, 3.8) is 0 Å². The van der Waals surface area contributed by atoms with Crippen LogP contribution in [0, 0.1) is 5.82 Å². The van der Waals surface area contributed by atoms with Gasteiger partial charge in [-0.05, 0) is 42.5 Å². The largest absolute Gasteiger partial charge is 0.473 e. The SMILES string of the molecule is O=C(NCC1CN(c2ccc(F)cc2)C(=O)O1)c1ccc(OC2CCSC2)nc1. The summed E-state index contributed by atoms with van der Waals surface area (Å²) in [6.45, 7) is 0.439. The third-order valence-corrected chi connectivity index (χ3v) is 5.81. The summed E-state index contributed by atoms with van der Waals surface area (Å²) in [5.41, 5.74) is 0.948. The van der Waals surface area contributed by atoms with Crippen molar-refractivity contribution in [1.82, 2.24) is 10.3 Å². The van der Waals surface area contributed by atoms with E-state index >= 15 is 0 Å². The number of hydrogen-bond acceptors (Lipinski definition) is 6. The lowest BCUT2D eigenvalue weighted by molar-refractivity contribution is 0.0915. The highest BCUT2D eigenvalue weighted by Gasteiger charge is 2.32. The second-order valence-electron chi connectivity index (χ2n) is 6.79. The van der Waals surface area contributed by atoms with Crippen LogP contribution >= 0.6 is 11.8 Å². The van der Waals surface area contributed by atoms with Crippen LogP contribution in [0.25, 0.3) is 0 Å². The molecule has 29 heavy (non-hydrogen) atoms. The van der Waals surface area contributed by atoms with Crippen molar-refractivity contribution in [2.24, 2.45) is 0 Å². The molecule has 1 aromatic carbocycles. The number of rotatable bonds is 6. The van der Waals surface area contributed by atoms with E-state index in [4.69, 9.17) is 9.47 Å². The van der Waals surface area contributed by atoms with Gasteiger partial charge in [0.15, 0.2) is 0 Å². The smallest absolute Gasteiger partial charge is 0.414 e. The van der Waals surface area contributed by atoms with Crippen LogP contribution < -0.4 is 15.0 Å². The standard InChI is InChI=1S/C20H20FN3O4S/c21-14-2-4-15(5-3-14)24-11-17(28-20(24)26)10-23-19(25)13-1-6-18(22-9-13)27-16-7-8-29-12-16/h1-6,9,16-17H,7-8,10-12H2,(H,23,25). The lowest BCUT2D eigenvalue weighted by Crippen LogP contribution is -2.34. The fourth-order valence-electron chi connectivity index (χ4n) is 3.13. The number of nitrogens with one attached hydrogen (secondary N) is 1. The number of carbonyl (C=O) groups is 2. The third kappa shape index (κ3) is 4.79. The number of anilines is 1. The van der Waals surface area contributed by atoms with Crippen LogP contribution in [0.4, 0.5) is 14.9 Å². The lowest BCUT2D eigenvalue weighted by atomic mass is 10.2. The van der Waals surface area contributed by atoms with Crippen LogP contribution in [-0.4, -0.2) is 53.8 Å². The first-order valence-corrected chi connectivity index (χ1v) is 10.5. The van der Waals surface area contributed by atoms with Gasteiger partial charge in [0.1, 0.15) is 18.0 Å². The number of benzene rings is 1. The molecule has 2 unspecified atom stereocenters. The monoisotopic (exact) mass is 417 g/mol. The third-order valence-electron chi connectivity index (χ3n) is 4.68. The molecule has 3 heterocycles. The zero-order valence-electron chi connectivity index (χ0n) is 15.5. The van der Waals surface area contributed by atoms with Gasteiger partial charge in [-0.2, -0.15) is 11.8 Å². The zero-order chi connectivity index (χ0) is 20.2. The van der Waals surface area contributed by atoms with E-state index in [1.165, 1.54) is 35.4 Å². The van der Waals surface area contributed by atoms with Gasteiger partial charge in [-0.3, -0.25) is 9.69 Å². The molecule has 7 nitrogen and oxygen atoms in total. The van der Waals surface area contributed by atoms with Crippen molar-refractivity contribution in [3.05, 3.63) is 54.0 Å². The highest BCUT2D eigenvalue weighted by Crippen LogP contribution is 2.23. The van der Waals surface area contributed by atoms with E-state index in [2.05, 4.69) is 10.3 Å². The van der Waals surface area contributed by atoms with Gasteiger partial charge < -0.3 is 14.8 Å². The Morgan fingerprint density at radius 3 is 2.83 bits per heavy atom. The predicted octanol–water partition coefficient (Wildman–Crippen LogP) is 2.86. The molecule has 2 saturated heterocycles. The van der Waals surface area contributed by atoms with E-state index < -0.39 is 12.2 Å². The van der Waals surface area contributed by atoms with Gasteiger partial charge in [0.05, 0.1) is 18.7 Å². The number of thioether (sulfide) groups is 1. The van der Waals surface area contributed by atoms with Gasteiger partial charge in [-0.15, -0.1) is 0 Å². The Balaban J connectivity index is 1.28. The number of ether oxygens (including phenoxy) is 2. The normalized spacial score (nSPS) is 21.1. The molecule has 152 valence electrons. The van der Waals surface area contributed by atoms with Gasteiger partial charge in [0.2, 0.25) is 5.88 Å². The van der Waals surface area contributed by atoms with Crippen LogP contribution in [0.15, 0.2) is 42.6 Å². The van der Waals surface area contributed by atoms with Crippen molar-refractivity contribution < 1.29 is 23.5 Å². The molecule has 0 bridgehead atoms. The Hall–Kier alpha value is -2.81. The zero-order valence-corrected chi connectivity index (χ0v) is 16.4. The minimum atomic E-state index is -0.524. The van der Waals surface area contributed by atoms with E-state index in [1.54, 1.807) is 12.1 Å². The molecule has 0 aliphatic carbocycles. The molecular formula is C20H20FN3O4S. The Kier molecular flexibility index (Phi) is 5.84. The van der Waals surface area contributed by atoms with E-state index in [1.807, 2.05) is 11.8 Å². The average Bonchev–Trinajstić information content (AvgIpc) is 3.37. The molecular weight excluding hydrogens is 397 g/mol. The summed E-state index contributed by atoms with van der Waals surface area (Å²) in [6.07, 6.45) is 1.63. The molecule has 0 spiro atoms. The second kappa shape index (κ2) is 8.69. The maximum absolute atomic E-state index is 13.0. The van der Waals surface area contributed by atoms with Gasteiger partial charge in [-0.25, -0.2) is 14.2 Å². The molecule has 2 aliphatic rings. The first kappa shape index (κ1) is 19.5. The van der Waals surface area contributed by atoms with Crippen LogP contribution in [-0.2, 0) is 4.74 Å². The number of cyclic esters (lactones) is 1. The van der Waals surface area contributed by atoms with Crippen LogP contribution in [0.1, 0.15) is 16.8 Å². The highest BCUT2D eigenvalue weighted by atomic mass is 32.2. The van der Waals surface area contributed by atoms with Crippen LogP contribution in [0.2, 0.25) is 0 Å². The molecule has 1 N–H and O–H groups in total. The Morgan fingerprint density at radius 2 is 2.14 bits per heavy atom. The van der Waals surface area contributed by atoms with E-state index in [0.29, 0.717) is 17.1 Å². The maximum atomic E-state index is 13.0. The summed E-state index contributed by atoms with van der Waals surface area (Å²) in [4.78, 5) is 30.0. The summed E-state index contributed by atoms with van der Waals surface area (Å²) >= 11 is 1.85. The first-order valence-electron chi connectivity index (χ1n) is 9.31. The van der Waals surface area contributed by atoms with Crippen molar-refractivity contribution in [2.75, 3.05) is 29.5 Å². The molecule has 2 aliphatic heterocycles. The van der Waals surface area contributed by atoms with E-state index in [0.717, 1.165) is 17.9 Å². The summed E-state index contributed by atoms with van der Waals surface area (Å²) in [5, 5.41) is 2.75.